The topological polar surface area (TPSA) is 61.5 Å². The third-order valence-corrected chi connectivity index (χ3v) is 5.12. The molecule has 0 amide bonds. The van der Waals surface area contributed by atoms with E-state index in [1.165, 1.54) is 7.11 Å². The normalized spacial score (nSPS) is 17.8. The van der Waals surface area contributed by atoms with Crippen LogP contribution in [0.3, 0.4) is 0 Å². The summed E-state index contributed by atoms with van der Waals surface area (Å²) in [5, 5.41) is 0. The third-order valence-electron chi connectivity index (χ3n) is 5.12. The average molecular weight is 413 g/mol. The van der Waals surface area contributed by atoms with Crippen molar-refractivity contribution < 1.29 is 27.4 Å². The van der Waals surface area contributed by atoms with Crippen molar-refractivity contribution in [1.82, 2.24) is 0 Å². The lowest BCUT2D eigenvalue weighted by atomic mass is 9.91. The zero-order valence-electron chi connectivity index (χ0n) is 16.0. The molecule has 0 aliphatic carbocycles. The van der Waals surface area contributed by atoms with Crippen LogP contribution in [-0.2, 0) is 11.2 Å². The molecule has 2 N–H and O–H groups in total. The number of methoxy groups -OCH3 is 1. The van der Waals surface area contributed by atoms with Crippen LogP contribution in [0.4, 0.5) is 13.2 Å². The summed E-state index contributed by atoms with van der Waals surface area (Å²) in [5.74, 6) is -3.28. The first-order valence-corrected chi connectivity index (χ1v) is 9.25. The van der Waals surface area contributed by atoms with Gasteiger partial charge in [0.1, 0.15) is 17.7 Å². The fourth-order valence-corrected chi connectivity index (χ4v) is 3.61. The highest BCUT2D eigenvalue weighted by Crippen LogP contribution is 2.38. The van der Waals surface area contributed by atoms with E-state index in [2.05, 4.69) is 0 Å². The van der Waals surface area contributed by atoms with Gasteiger partial charge in [-0.25, -0.2) is 18.0 Å². The van der Waals surface area contributed by atoms with Crippen LogP contribution < -0.4 is 10.5 Å². The fourth-order valence-electron chi connectivity index (χ4n) is 3.61. The van der Waals surface area contributed by atoms with Gasteiger partial charge in [-0.3, -0.25) is 0 Å². The van der Waals surface area contributed by atoms with E-state index in [9.17, 15) is 18.0 Å². The fraction of sp³-hybridized carbons (Fsp3) is 0.174. The van der Waals surface area contributed by atoms with E-state index < -0.39 is 35.6 Å². The number of esters is 1. The molecule has 0 aromatic heterocycles. The van der Waals surface area contributed by atoms with Gasteiger partial charge in [0.25, 0.3) is 0 Å². The molecule has 1 aliphatic rings. The maximum Gasteiger partial charge on any atom is 0.337 e. The number of halogens is 3. The highest BCUT2D eigenvalue weighted by molar-refractivity contribution is 5.91. The van der Waals surface area contributed by atoms with Gasteiger partial charge in [0.05, 0.1) is 18.7 Å². The number of hydrogen-bond donors (Lipinski definition) is 1. The zero-order chi connectivity index (χ0) is 21.4. The maximum atomic E-state index is 14.2. The summed E-state index contributed by atoms with van der Waals surface area (Å²) < 4.78 is 51.7. The quantitative estimate of drug-likeness (QED) is 0.505. The maximum absolute atomic E-state index is 14.2. The molecule has 7 heteroatoms. The molecule has 0 spiro atoms. The number of carbonyl (C=O) groups is 1. The van der Waals surface area contributed by atoms with Crippen molar-refractivity contribution in [3.63, 3.8) is 0 Å². The lowest BCUT2D eigenvalue weighted by Crippen LogP contribution is -2.38. The molecular weight excluding hydrogens is 395 g/mol. The van der Waals surface area contributed by atoms with E-state index in [1.54, 1.807) is 30.3 Å². The Balaban J connectivity index is 1.66. The van der Waals surface area contributed by atoms with E-state index in [4.69, 9.17) is 15.2 Å². The summed E-state index contributed by atoms with van der Waals surface area (Å²) in [6.45, 7) is 0. The molecule has 2 atom stereocenters. The van der Waals surface area contributed by atoms with Gasteiger partial charge < -0.3 is 15.2 Å². The van der Waals surface area contributed by atoms with Crippen LogP contribution in [0.15, 0.2) is 54.6 Å². The van der Waals surface area contributed by atoms with Crippen LogP contribution in [0.2, 0.25) is 0 Å². The van der Waals surface area contributed by atoms with E-state index in [-0.39, 0.29) is 5.56 Å². The van der Waals surface area contributed by atoms with Gasteiger partial charge >= 0.3 is 5.97 Å². The van der Waals surface area contributed by atoms with Crippen LogP contribution in [-0.4, -0.2) is 19.1 Å². The lowest BCUT2D eigenvalue weighted by Gasteiger charge is -2.32. The first kappa shape index (κ1) is 20.0. The Morgan fingerprint density at radius 3 is 2.50 bits per heavy atom. The van der Waals surface area contributed by atoms with Gasteiger partial charge in [-0.1, -0.05) is 18.2 Å². The van der Waals surface area contributed by atoms with E-state index in [0.717, 1.165) is 22.8 Å². The van der Waals surface area contributed by atoms with Gasteiger partial charge in [-0.2, -0.15) is 0 Å². The number of ether oxygens (including phenoxy) is 2. The first-order chi connectivity index (χ1) is 14.4. The van der Waals surface area contributed by atoms with Crippen molar-refractivity contribution in [2.75, 3.05) is 7.11 Å². The Morgan fingerprint density at radius 2 is 1.73 bits per heavy atom. The molecule has 4 nitrogen and oxygen atoms in total. The molecule has 30 heavy (non-hydrogen) atoms. The SMILES string of the molecule is COC(=O)c1cccc(-c2ccc3c(c2)C[C@@H](N)[C@H](c2cc(F)c(F)cc2F)O3)c1. The van der Waals surface area contributed by atoms with Crippen molar-refractivity contribution in [3.8, 4) is 16.9 Å². The molecule has 154 valence electrons. The van der Waals surface area contributed by atoms with Crippen LogP contribution in [0.1, 0.15) is 27.6 Å². The minimum Gasteiger partial charge on any atom is -0.484 e. The second-order valence-corrected chi connectivity index (χ2v) is 7.09. The molecule has 3 aromatic carbocycles. The summed E-state index contributed by atoms with van der Waals surface area (Å²) in [4.78, 5) is 11.8. The van der Waals surface area contributed by atoms with Crippen LogP contribution in [0, 0.1) is 17.5 Å². The summed E-state index contributed by atoms with van der Waals surface area (Å²) in [6.07, 6.45) is -0.593. The van der Waals surface area contributed by atoms with E-state index in [1.807, 2.05) is 12.1 Å². The van der Waals surface area contributed by atoms with E-state index >= 15 is 0 Å². The third kappa shape index (κ3) is 3.64. The minimum absolute atomic E-state index is 0.123. The molecule has 0 fully saturated rings. The molecule has 0 radical (unpaired) electrons. The first-order valence-electron chi connectivity index (χ1n) is 9.25. The largest absolute Gasteiger partial charge is 0.484 e. The van der Waals surface area contributed by atoms with Crippen molar-refractivity contribution in [2.45, 2.75) is 18.6 Å². The number of hydrogen-bond acceptors (Lipinski definition) is 4. The highest BCUT2D eigenvalue weighted by atomic mass is 19.2. The summed E-state index contributed by atoms with van der Waals surface area (Å²) >= 11 is 0. The van der Waals surface area contributed by atoms with Gasteiger partial charge in [0.15, 0.2) is 11.6 Å². The average Bonchev–Trinajstić information content (AvgIpc) is 2.75. The smallest absolute Gasteiger partial charge is 0.337 e. The second kappa shape index (κ2) is 7.84. The van der Waals surface area contributed by atoms with Gasteiger partial charge in [0.2, 0.25) is 0 Å². The van der Waals surface area contributed by atoms with Crippen molar-refractivity contribution in [3.05, 3.63) is 88.7 Å². The van der Waals surface area contributed by atoms with Crippen molar-refractivity contribution >= 4 is 5.97 Å². The van der Waals surface area contributed by atoms with Crippen LogP contribution >= 0.6 is 0 Å². The van der Waals surface area contributed by atoms with Gasteiger partial charge in [-0.15, -0.1) is 0 Å². The molecule has 0 unspecified atom stereocenters. The Morgan fingerprint density at radius 1 is 1.00 bits per heavy atom. The predicted octanol–water partition coefficient (Wildman–Crippen LogP) is 4.56. The standard InChI is InChI=1S/C23H18F3NO3/c1-29-23(28)14-4-2-3-12(7-14)13-5-6-21-15(8-13)9-20(27)22(30-21)16-10-18(25)19(26)11-17(16)24/h2-8,10-11,20,22H,9,27H2,1H3/t20-,22+/m1/s1. The summed E-state index contributed by atoms with van der Waals surface area (Å²) in [5.41, 5.74) is 8.93. The Kier molecular flexibility index (Phi) is 5.22. The number of nitrogens with two attached hydrogens (primary N) is 1. The molecule has 1 heterocycles. The molecule has 0 saturated carbocycles. The van der Waals surface area contributed by atoms with E-state index in [0.29, 0.717) is 23.8 Å². The molecule has 0 saturated heterocycles. The second-order valence-electron chi connectivity index (χ2n) is 7.09. The number of fused-ring (bicyclic) bond motifs is 1. The molecule has 3 aromatic rings. The summed E-state index contributed by atoms with van der Waals surface area (Å²) in [7, 11) is 1.32. The summed E-state index contributed by atoms with van der Waals surface area (Å²) in [6, 6.07) is 13.0. The monoisotopic (exact) mass is 413 g/mol. The zero-order valence-corrected chi connectivity index (χ0v) is 16.0. The van der Waals surface area contributed by atoms with Crippen molar-refractivity contribution in [2.24, 2.45) is 5.73 Å². The minimum atomic E-state index is -1.26. The Bertz CT molecular complexity index is 1130. The van der Waals surface area contributed by atoms with Crippen molar-refractivity contribution in [1.29, 1.82) is 0 Å². The Hall–Kier alpha value is -3.32. The molecule has 1 aliphatic heterocycles. The van der Waals surface area contributed by atoms with Crippen LogP contribution in [0.25, 0.3) is 11.1 Å². The Labute approximate surface area is 171 Å². The number of carbonyl (C=O) groups excluding carboxylic acids is 1. The molecule has 4 rings (SSSR count). The number of rotatable bonds is 3. The highest BCUT2D eigenvalue weighted by Gasteiger charge is 2.32. The van der Waals surface area contributed by atoms with Gasteiger partial charge in [0, 0.05) is 11.6 Å². The lowest BCUT2D eigenvalue weighted by molar-refractivity contribution is 0.0601. The predicted molar refractivity (Wildman–Crippen MR) is 105 cm³/mol. The number of benzene rings is 3. The van der Waals surface area contributed by atoms with Crippen LogP contribution in [0.5, 0.6) is 5.75 Å². The molecule has 0 bridgehead atoms. The van der Waals surface area contributed by atoms with Gasteiger partial charge in [-0.05, 0) is 53.4 Å². The molecular formula is C23H18F3NO3.